The van der Waals surface area contributed by atoms with Gasteiger partial charge in [-0.15, -0.1) is 0 Å². The van der Waals surface area contributed by atoms with Crippen molar-refractivity contribution in [1.82, 2.24) is 9.97 Å². The van der Waals surface area contributed by atoms with Crippen LogP contribution in [0.15, 0.2) is 4.79 Å². The lowest BCUT2D eigenvalue weighted by Gasteiger charge is -2.12. The Kier molecular flexibility index (Phi) is 2.21. The first kappa shape index (κ1) is 10.4. The number of aromatic amines is 1. The van der Waals surface area contributed by atoms with Crippen LogP contribution in [0.2, 0.25) is 0 Å². The minimum Gasteiger partial charge on any atom is -0.310 e. The van der Waals surface area contributed by atoms with Crippen molar-refractivity contribution in [3.63, 3.8) is 0 Å². The first-order valence-corrected chi connectivity index (χ1v) is 5.55. The van der Waals surface area contributed by atoms with E-state index in [0.717, 1.165) is 29.9 Å². The maximum atomic E-state index is 11.9. The van der Waals surface area contributed by atoms with E-state index in [1.165, 1.54) is 0 Å². The van der Waals surface area contributed by atoms with Crippen LogP contribution in [0.4, 0.5) is 0 Å². The van der Waals surface area contributed by atoms with Crippen molar-refractivity contribution in [3.05, 3.63) is 27.4 Å². The molecule has 0 spiro atoms. The SMILES string of the molecule is Cc1nc(C2(C)CC2)[nH]c(=O)c1C(C)C. The third kappa shape index (κ3) is 1.71. The lowest BCUT2D eigenvalue weighted by atomic mass is 10.0. The number of aryl methyl sites for hydroxylation is 1. The molecule has 0 aromatic carbocycles. The molecule has 0 bridgehead atoms. The van der Waals surface area contributed by atoms with Gasteiger partial charge in [0.25, 0.3) is 5.56 Å². The third-order valence-electron chi connectivity index (χ3n) is 3.29. The molecule has 1 saturated carbocycles. The minimum absolute atomic E-state index is 0.0422. The Balaban J connectivity index is 2.53. The van der Waals surface area contributed by atoms with Crippen molar-refractivity contribution < 1.29 is 0 Å². The van der Waals surface area contributed by atoms with Gasteiger partial charge in [0.1, 0.15) is 5.82 Å². The molecule has 0 radical (unpaired) electrons. The Morgan fingerprint density at radius 1 is 1.40 bits per heavy atom. The molecule has 0 aliphatic heterocycles. The van der Waals surface area contributed by atoms with Crippen LogP contribution >= 0.6 is 0 Å². The van der Waals surface area contributed by atoms with E-state index in [2.05, 4.69) is 16.9 Å². The van der Waals surface area contributed by atoms with Crippen LogP contribution in [-0.4, -0.2) is 9.97 Å². The van der Waals surface area contributed by atoms with E-state index < -0.39 is 0 Å². The second-order valence-electron chi connectivity index (χ2n) is 5.13. The average Bonchev–Trinajstić information content (AvgIpc) is 2.82. The third-order valence-corrected chi connectivity index (χ3v) is 3.29. The molecule has 0 saturated heterocycles. The smallest absolute Gasteiger partial charge is 0.254 e. The number of nitrogens with zero attached hydrogens (tertiary/aromatic N) is 1. The van der Waals surface area contributed by atoms with Gasteiger partial charge in [0, 0.05) is 16.7 Å². The molecule has 1 N–H and O–H groups in total. The zero-order valence-electron chi connectivity index (χ0n) is 9.85. The highest BCUT2D eigenvalue weighted by Crippen LogP contribution is 2.45. The van der Waals surface area contributed by atoms with Gasteiger partial charge in [0.05, 0.1) is 0 Å². The summed E-state index contributed by atoms with van der Waals surface area (Å²) in [4.78, 5) is 19.3. The largest absolute Gasteiger partial charge is 0.310 e. The number of hydrogen-bond donors (Lipinski definition) is 1. The summed E-state index contributed by atoms with van der Waals surface area (Å²) in [6.45, 7) is 8.13. The summed E-state index contributed by atoms with van der Waals surface area (Å²) in [5.74, 6) is 1.11. The van der Waals surface area contributed by atoms with Crippen LogP contribution in [0.1, 0.15) is 56.6 Å². The average molecular weight is 206 g/mol. The van der Waals surface area contributed by atoms with Crippen LogP contribution in [0.5, 0.6) is 0 Å². The second kappa shape index (κ2) is 3.19. The van der Waals surface area contributed by atoms with Gasteiger partial charge in [-0.1, -0.05) is 20.8 Å². The number of rotatable bonds is 2. The zero-order chi connectivity index (χ0) is 11.2. The molecule has 3 nitrogen and oxygen atoms in total. The van der Waals surface area contributed by atoms with Gasteiger partial charge in [-0.3, -0.25) is 4.79 Å². The van der Waals surface area contributed by atoms with E-state index in [-0.39, 0.29) is 16.9 Å². The highest BCUT2D eigenvalue weighted by Gasteiger charge is 2.41. The molecule has 0 unspecified atom stereocenters. The van der Waals surface area contributed by atoms with E-state index >= 15 is 0 Å². The Bertz CT molecular complexity index is 441. The molecular weight excluding hydrogens is 188 g/mol. The number of H-pyrrole nitrogens is 1. The predicted octanol–water partition coefficient (Wildman–Crippen LogP) is 2.25. The summed E-state index contributed by atoms with van der Waals surface area (Å²) in [6.07, 6.45) is 2.27. The van der Waals surface area contributed by atoms with Crippen molar-refractivity contribution in [2.45, 2.75) is 51.9 Å². The number of aromatic nitrogens is 2. The molecule has 0 atom stereocenters. The van der Waals surface area contributed by atoms with Gasteiger partial charge in [-0.05, 0) is 25.7 Å². The molecule has 15 heavy (non-hydrogen) atoms. The summed E-state index contributed by atoms with van der Waals surface area (Å²) < 4.78 is 0. The van der Waals surface area contributed by atoms with Crippen LogP contribution in [0.25, 0.3) is 0 Å². The van der Waals surface area contributed by atoms with Crippen LogP contribution in [-0.2, 0) is 5.41 Å². The highest BCUT2D eigenvalue weighted by atomic mass is 16.1. The molecule has 1 fully saturated rings. The van der Waals surface area contributed by atoms with Crippen molar-refractivity contribution in [2.24, 2.45) is 0 Å². The summed E-state index contributed by atoms with van der Waals surface area (Å²) in [6, 6.07) is 0. The second-order valence-corrected chi connectivity index (χ2v) is 5.13. The van der Waals surface area contributed by atoms with Crippen LogP contribution < -0.4 is 5.56 Å². The maximum absolute atomic E-state index is 11.9. The highest BCUT2D eigenvalue weighted by molar-refractivity contribution is 5.24. The standard InChI is InChI=1S/C12H18N2O/c1-7(2)9-8(3)13-11(14-10(9)15)12(4)5-6-12/h7H,5-6H2,1-4H3,(H,13,14,15). The molecule has 2 rings (SSSR count). The molecule has 3 heteroatoms. The van der Waals surface area contributed by atoms with E-state index in [1.54, 1.807) is 0 Å². The molecule has 82 valence electrons. The van der Waals surface area contributed by atoms with Crippen LogP contribution in [0, 0.1) is 6.92 Å². The van der Waals surface area contributed by atoms with E-state index in [9.17, 15) is 4.79 Å². The molecule has 1 aromatic rings. The Hall–Kier alpha value is -1.12. The predicted molar refractivity (Wildman–Crippen MR) is 60.3 cm³/mol. The van der Waals surface area contributed by atoms with Crippen LogP contribution in [0.3, 0.4) is 0 Å². The fourth-order valence-corrected chi connectivity index (χ4v) is 1.99. The number of hydrogen-bond acceptors (Lipinski definition) is 2. The van der Waals surface area contributed by atoms with Gasteiger partial charge < -0.3 is 4.98 Å². The Morgan fingerprint density at radius 3 is 2.40 bits per heavy atom. The van der Waals surface area contributed by atoms with E-state index in [0.29, 0.717) is 0 Å². The Labute approximate surface area is 89.9 Å². The summed E-state index contributed by atoms with van der Waals surface area (Å²) in [5, 5.41) is 0. The van der Waals surface area contributed by atoms with E-state index in [4.69, 9.17) is 0 Å². The normalized spacial score (nSPS) is 18.2. The topological polar surface area (TPSA) is 45.8 Å². The van der Waals surface area contributed by atoms with Crippen molar-refractivity contribution >= 4 is 0 Å². The van der Waals surface area contributed by atoms with E-state index in [1.807, 2.05) is 20.8 Å². The first-order chi connectivity index (χ1) is 6.94. The van der Waals surface area contributed by atoms with Gasteiger partial charge >= 0.3 is 0 Å². The van der Waals surface area contributed by atoms with Crippen molar-refractivity contribution in [2.75, 3.05) is 0 Å². The van der Waals surface area contributed by atoms with Gasteiger partial charge in [0.2, 0.25) is 0 Å². The molecule has 1 aliphatic carbocycles. The fraction of sp³-hybridized carbons (Fsp3) is 0.667. The van der Waals surface area contributed by atoms with Crippen molar-refractivity contribution in [1.29, 1.82) is 0 Å². The summed E-state index contributed by atoms with van der Waals surface area (Å²) in [7, 11) is 0. The molecular formula is C12H18N2O. The molecule has 1 aliphatic rings. The quantitative estimate of drug-likeness (QED) is 0.806. The van der Waals surface area contributed by atoms with Gasteiger partial charge in [-0.25, -0.2) is 4.98 Å². The first-order valence-electron chi connectivity index (χ1n) is 5.55. The van der Waals surface area contributed by atoms with Gasteiger partial charge in [-0.2, -0.15) is 0 Å². The zero-order valence-corrected chi connectivity index (χ0v) is 9.85. The summed E-state index contributed by atoms with van der Waals surface area (Å²) >= 11 is 0. The molecule has 1 aromatic heterocycles. The summed E-state index contributed by atoms with van der Waals surface area (Å²) in [5.41, 5.74) is 1.89. The maximum Gasteiger partial charge on any atom is 0.254 e. The molecule has 0 amide bonds. The fourth-order valence-electron chi connectivity index (χ4n) is 1.99. The molecule has 1 heterocycles. The lowest BCUT2D eigenvalue weighted by Crippen LogP contribution is -2.23. The van der Waals surface area contributed by atoms with Crippen molar-refractivity contribution in [3.8, 4) is 0 Å². The number of nitrogens with one attached hydrogen (secondary N) is 1. The van der Waals surface area contributed by atoms with Gasteiger partial charge in [0.15, 0.2) is 0 Å². The monoisotopic (exact) mass is 206 g/mol. The lowest BCUT2D eigenvalue weighted by molar-refractivity contribution is 0.681. The minimum atomic E-state index is 0.0422. The Morgan fingerprint density at radius 2 is 2.00 bits per heavy atom.